The fourth-order valence-corrected chi connectivity index (χ4v) is 3.70. The molecule has 0 radical (unpaired) electrons. The fraction of sp³-hybridized carbons (Fsp3) is 0.944. The fourth-order valence-electron chi connectivity index (χ4n) is 3.70. The van der Waals surface area contributed by atoms with Gasteiger partial charge in [-0.15, -0.1) is 0 Å². The zero-order valence-corrected chi connectivity index (χ0v) is 13.4. The number of carboxylic acids is 1. The summed E-state index contributed by atoms with van der Waals surface area (Å²) in [5.41, 5.74) is 0. The molecule has 1 saturated carbocycles. The van der Waals surface area contributed by atoms with E-state index in [4.69, 9.17) is 5.11 Å². The monoisotopic (exact) mass is 282 g/mol. The molecule has 0 aromatic carbocycles. The van der Waals surface area contributed by atoms with E-state index in [0.717, 1.165) is 6.42 Å². The highest BCUT2D eigenvalue weighted by molar-refractivity contribution is 5.67. The van der Waals surface area contributed by atoms with Crippen molar-refractivity contribution in [2.75, 3.05) is 0 Å². The predicted octanol–water partition coefficient (Wildman–Crippen LogP) is 5.80. The van der Waals surface area contributed by atoms with Gasteiger partial charge in [0.2, 0.25) is 0 Å². The molecule has 0 aromatic heterocycles. The minimum Gasteiger partial charge on any atom is -0.481 e. The van der Waals surface area contributed by atoms with Crippen LogP contribution in [0.1, 0.15) is 96.8 Å². The maximum absolute atomic E-state index is 10.9. The molecule has 20 heavy (non-hydrogen) atoms. The lowest BCUT2D eigenvalue weighted by atomic mass is 9.75. The molecule has 0 spiro atoms. The van der Waals surface area contributed by atoms with Crippen molar-refractivity contribution in [1.29, 1.82) is 0 Å². The van der Waals surface area contributed by atoms with E-state index in [1.54, 1.807) is 0 Å². The standard InChI is InChI=1S/C18H34O2/c1-2-3-4-5-6-7-8-9-12-16-13-10-11-14-17(16)15-18(19)20/h16-17H,2-15H2,1H3,(H,19,20). The van der Waals surface area contributed by atoms with Crippen LogP contribution >= 0.6 is 0 Å². The van der Waals surface area contributed by atoms with Gasteiger partial charge >= 0.3 is 5.97 Å². The van der Waals surface area contributed by atoms with Crippen LogP contribution in [-0.4, -0.2) is 11.1 Å². The van der Waals surface area contributed by atoms with Gasteiger partial charge in [0.15, 0.2) is 0 Å². The van der Waals surface area contributed by atoms with Crippen molar-refractivity contribution in [1.82, 2.24) is 0 Å². The van der Waals surface area contributed by atoms with Crippen molar-refractivity contribution in [3.05, 3.63) is 0 Å². The lowest BCUT2D eigenvalue weighted by Crippen LogP contribution is -2.22. The Morgan fingerprint density at radius 2 is 1.45 bits per heavy atom. The summed E-state index contributed by atoms with van der Waals surface area (Å²) >= 11 is 0. The maximum atomic E-state index is 10.9. The van der Waals surface area contributed by atoms with Gasteiger partial charge in [-0.25, -0.2) is 0 Å². The van der Waals surface area contributed by atoms with E-state index in [1.807, 2.05) is 0 Å². The number of hydrogen-bond acceptors (Lipinski definition) is 1. The van der Waals surface area contributed by atoms with E-state index < -0.39 is 5.97 Å². The first-order valence-electron chi connectivity index (χ1n) is 8.95. The van der Waals surface area contributed by atoms with Gasteiger partial charge in [-0.2, -0.15) is 0 Å². The third-order valence-electron chi connectivity index (χ3n) is 4.93. The molecule has 2 unspecified atom stereocenters. The first kappa shape index (κ1) is 17.5. The Hall–Kier alpha value is -0.530. The predicted molar refractivity (Wildman–Crippen MR) is 84.9 cm³/mol. The molecule has 2 heteroatoms. The highest BCUT2D eigenvalue weighted by Crippen LogP contribution is 2.35. The van der Waals surface area contributed by atoms with Crippen LogP contribution in [0.5, 0.6) is 0 Å². The van der Waals surface area contributed by atoms with Crippen LogP contribution in [0.15, 0.2) is 0 Å². The smallest absolute Gasteiger partial charge is 0.303 e. The Labute approximate surface area is 125 Å². The molecule has 2 nitrogen and oxygen atoms in total. The SMILES string of the molecule is CCCCCCCCCCC1CCCCC1CC(=O)O. The van der Waals surface area contributed by atoms with Gasteiger partial charge in [0.25, 0.3) is 0 Å². The van der Waals surface area contributed by atoms with Crippen LogP contribution in [0, 0.1) is 11.8 Å². The molecule has 1 N–H and O–H groups in total. The summed E-state index contributed by atoms with van der Waals surface area (Å²) < 4.78 is 0. The summed E-state index contributed by atoms with van der Waals surface area (Å²) in [6.45, 7) is 2.26. The van der Waals surface area contributed by atoms with Crippen molar-refractivity contribution in [3.8, 4) is 0 Å². The van der Waals surface area contributed by atoms with E-state index in [2.05, 4.69) is 6.92 Å². The van der Waals surface area contributed by atoms with Crippen molar-refractivity contribution in [3.63, 3.8) is 0 Å². The minimum atomic E-state index is -0.599. The second-order valence-corrected chi connectivity index (χ2v) is 6.67. The Bertz CT molecular complexity index is 250. The lowest BCUT2D eigenvalue weighted by molar-refractivity contribution is -0.138. The zero-order valence-electron chi connectivity index (χ0n) is 13.4. The zero-order chi connectivity index (χ0) is 14.6. The van der Waals surface area contributed by atoms with Gasteiger partial charge in [0.05, 0.1) is 0 Å². The number of carboxylic acid groups (broad SMARTS) is 1. The van der Waals surface area contributed by atoms with Crippen LogP contribution in [0.2, 0.25) is 0 Å². The van der Waals surface area contributed by atoms with Crippen LogP contribution < -0.4 is 0 Å². The van der Waals surface area contributed by atoms with Gasteiger partial charge in [-0.3, -0.25) is 4.79 Å². The highest BCUT2D eigenvalue weighted by Gasteiger charge is 2.26. The third-order valence-corrected chi connectivity index (χ3v) is 4.93. The van der Waals surface area contributed by atoms with E-state index in [0.29, 0.717) is 18.3 Å². The van der Waals surface area contributed by atoms with E-state index >= 15 is 0 Å². The summed E-state index contributed by atoms with van der Waals surface area (Å²) in [5, 5.41) is 9.00. The normalized spacial score (nSPS) is 22.9. The Kier molecular flexibility index (Phi) is 9.78. The second-order valence-electron chi connectivity index (χ2n) is 6.67. The second kappa shape index (κ2) is 11.2. The van der Waals surface area contributed by atoms with Gasteiger partial charge in [0, 0.05) is 6.42 Å². The molecule has 2 atom stereocenters. The minimum absolute atomic E-state index is 0.404. The van der Waals surface area contributed by atoms with Crippen molar-refractivity contribution >= 4 is 5.97 Å². The van der Waals surface area contributed by atoms with E-state index in [-0.39, 0.29) is 0 Å². The van der Waals surface area contributed by atoms with Crippen LogP contribution in [0.25, 0.3) is 0 Å². The molecular weight excluding hydrogens is 248 g/mol. The average Bonchev–Trinajstić information content (AvgIpc) is 2.43. The summed E-state index contributed by atoms with van der Waals surface area (Å²) in [5.74, 6) is 0.559. The molecule has 1 aliphatic rings. The van der Waals surface area contributed by atoms with Gasteiger partial charge in [-0.05, 0) is 18.3 Å². The summed E-state index contributed by atoms with van der Waals surface area (Å²) in [7, 11) is 0. The summed E-state index contributed by atoms with van der Waals surface area (Å²) in [4.78, 5) is 10.9. The number of rotatable bonds is 11. The molecule has 0 bridgehead atoms. The lowest BCUT2D eigenvalue weighted by Gasteiger charge is -2.30. The number of carbonyl (C=O) groups is 1. The molecule has 0 aromatic rings. The molecular formula is C18H34O2. The molecule has 118 valence electrons. The Morgan fingerprint density at radius 1 is 0.900 bits per heavy atom. The summed E-state index contributed by atoms with van der Waals surface area (Å²) in [6, 6.07) is 0. The number of aliphatic carboxylic acids is 1. The number of hydrogen-bond donors (Lipinski definition) is 1. The first-order valence-corrected chi connectivity index (χ1v) is 8.95. The molecule has 1 rings (SSSR count). The van der Waals surface area contributed by atoms with Gasteiger partial charge in [-0.1, -0.05) is 84.0 Å². The third kappa shape index (κ3) is 7.91. The van der Waals surface area contributed by atoms with Crippen LogP contribution in [0.3, 0.4) is 0 Å². The van der Waals surface area contributed by atoms with Crippen molar-refractivity contribution in [2.24, 2.45) is 11.8 Å². The molecule has 1 fully saturated rings. The van der Waals surface area contributed by atoms with Gasteiger partial charge < -0.3 is 5.11 Å². The van der Waals surface area contributed by atoms with Crippen LogP contribution in [0.4, 0.5) is 0 Å². The quantitative estimate of drug-likeness (QED) is 0.486. The van der Waals surface area contributed by atoms with Crippen LogP contribution in [-0.2, 0) is 4.79 Å². The largest absolute Gasteiger partial charge is 0.481 e. The Balaban J connectivity index is 2.05. The maximum Gasteiger partial charge on any atom is 0.303 e. The first-order chi connectivity index (χ1) is 9.74. The van der Waals surface area contributed by atoms with E-state index in [9.17, 15) is 4.79 Å². The van der Waals surface area contributed by atoms with Gasteiger partial charge in [0.1, 0.15) is 0 Å². The molecule has 0 amide bonds. The summed E-state index contributed by atoms with van der Waals surface area (Å²) in [6.07, 6.45) is 17.6. The Morgan fingerprint density at radius 3 is 2.05 bits per heavy atom. The van der Waals surface area contributed by atoms with Crippen molar-refractivity contribution < 1.29 is 9.90 Å². The van der Waals surface area contributed by atoms with Crippen molar-refractivity contribution in [2.45, 2.75) is 96.8 Å². The molecule has 0 saturated heterocycles. The average molecular weight is 282 g/mol. The number of unbranched alkanes of at least 4 members (excludes halogenated alkanes) is 7. The molecule has 1 aliphatic carbocycles. The highest BCUT2D eigenvalue weighted by atomic mass is 16.4. The molecule has 0 heterocycles. The van der Waals surface area contributed by atoms with E-state index in [1.165, 1.54) is 77.0 Å². The topological polar surface area (TPSA) is 37.3 Å². The molecule has 0 aliphatic heterocycles.